The van der Waals surface area contributed by atoms with Crippen LogP contribution in [0.2, 0.25) is 5.02 Å². The first kappa shape index (κ1) is 15.9. The molecule has 1 amide bonds. The fourth-order valence-electron chi connectivity index (χ4n) is 3.74. The molecule has 2 nitrogen and oxygen atoms in total. The van der Waals surface area contributed by atoms with Gasteiger partial charge in [-0.1, -0.05) is 60.1 Å². The molecule has 0 spiro atoms. The van der Waals surface area contributed by atoms with Crippen LogP contribution in [-0.4, -0.2) is 12.5 Å². The zero-order valence-electron chi connectivity index (χ0n) is 13.8. The van der Waals surface area contributed by atoms with Crippen LogP contribution in [0.25, 0.3) is 10.8 Å². The summed E-state index contributed by atoms with van der Waals surface area (Å²) in [6.45, 7) is 4.32. The van der Waals surface area contributed by atoms with Crippen molar-refractivity contribution in [3.63, 3.8) is 0 Å². The van der Waals surface area contributed by atoms with E-state index in [0.717, 1.165) is 11.3 Å². The highest BCUT2D eigenvalue weighted by Gasteiger charge is 2.33. The van der Waals surface area contributed by atoms with E-state index in [2.05, 4.69) is 36.9 Å². The van der Waals surface area contributed by atoms with Crippen molar-refractivity contribution >= 4 is 34.0 Å². The Morgan fingerprint density at radius 1 is 1.12 bits per heavy atom. The molecule has 3 heteroatoms. The molecular weight excluding hydrogens is 330 g/mol. The fourth-order valence-corrected chi connectivity index (χ4v) is 3.94. The third-order valence-electron chi connectivity index (χ3n) is 4.83. The molecule has 25 heavy (non-hydrogen) atoms. The molecule has 0 N–H and O–H groups in total. The Kier molecular flexibility index (Phi) is 4.06. The van der Waals surface area contributed by atoms with Crippen LogP contribution in [0.4, 0.5) is 5.69 Å². The smallest absolute Gasteiger partial charge is 0.228 e. The molecule has 1 aliphatic rings. The van der Waals surface area contributed by atoms with Crippen molar-refractivity contribution in [3.8, 4) is 0 Å². The molecule has 0 aliphatic carbocycles. The van der Waals surface area contributed by atoms with Gasteiger partial charge in [-0.3, -0.25) is 4.79 Å². The summed E-state index contributed by atoms with van der Waals surface area (Å²) < 4.78 is 0. The van der Waals surface area contributed by atoms with Gasteiger partial charge in [-0.2, -0.15) is 0 Å². The Balaban J connectivity index is 1.99. The second-order valence-corrected chi connectivity index (χ2v) is 6.76. The van der Waals surface area contributed by atoms with Gasteiger partial charge in [0.2, 0.25) is 5.91 Å². The van der Waals surface area contributed by atoms with Crippen LogP contribution in [0, 0.1) is 0 Å². The van der Waals surface area contributed by atoms with Gasteiger partial charge in [0.25, 0.3) is 0 Å². The molecule has 1 heterocycles. The molecule has 0 fully saturated rings. The number of nitrogens with zero attached hydrogens (tertiary/aromatic N) is 1. The van der Waals surface area contributed by atoms with E-state index in [1.165, 1.54) is 16.3 Å². The lowest BCUT2D eigenvalue weighted by Gasteiger charge is -2.35. The number of carbonyl (C=O) groups is 1. The van der Waals surface area contributed by atoms with E-state index in [-0.39, 0.29) is 11.8 Å². The lowest BCUT2D eigenvalue weighted by Crippen LogP contribution is -2.37. The van der Waals surface area contributed by atoms with Crippen molar-refractivity contribution in [1.29, 1.82) is 0 Å². The van der Waals surface area contributed by atoms with E-state index in [1.54, 1.807) is 6.08 Å². The minimum Gasteiger partial charge on any atom is -0.308 e. The SMILES string of the molecule is C=CCN1C(=O)CC(c2cccc(Cl)c2)c2c1ccc1ccccc21. The third kappa shape index (κ3) is 2.73. The molecule has 1 atom stereocenters. The molecule has 0 saturated heterocycles. The van der Waals surface area contributed by atoms with Crippen molar-refractivity contribution in [2.45, 2.75) is 12.3 Å². The summed E-state index contributed by atoms with van der Waals surface area (Å²) in [7, 11) is 0. The number of rotatable bonds is 3. The molecule has 1 aliphatic heterocycles. The summed E-state index contributed by atoms with van der Waals surface area (Å²) in [6.07, 6.45) is 2.21. The molecule has 124 valence electrons. The van der Waals surface area contributed by atoms with Gasteiger partial charge in [0.15, 0.2) is 0 Å². The largest absolute Gasteiger partial charge is 0.308 e. The van der Waals surface area contributed by atoms with E-state index in [1.807, 2.05) is 35.2 Å². The van der Waals surface area contributed by atoms with Gasteiger partial charge < -0.3 is 4.90 Å². The van der Waals surface area contributed by atoms with Crippen LogP contribution < -0.4 is 4.90 Å². The highest BCUT2D eigenvalue weighted by Crippen LogP contribution is 2.44. The second kappa shape index (κ2) is 6.38. The fraction of sp³-hybridized carbons (Fsp3) is 0.136. The molecule has 1 unspecified atom stereocenters. The van der Waals surface area contributed by atoms with Gasteiger partial charge in [-0.05, 0) is 40.1 Å². The average molecular weight is 348 g/mol. The second-order valence-electron chi connectivity index (χ2n) is 6.32. The van der Waals surface area contributed by atoms with Gasteiger partial charge >= 0.3 is 0 Å². The summed E-state index contributed by atoms with van der Waals surface area (Å²) in [5.74, 6) is 0.126. The maximum Gasteiger partial charge on any atom is 0.228 e. The Hall–Kier alpha value is -2.58. The number of hydrogen-bond donors (Lipinski definition) is 0. The third-order valence-corrected chi connectivity index (χ3v) is 5.06. The van der Waals surface area contributed by atoms with E-state index in [9.17, 15) is 4.79 Å². The minimum absolute atomic E-state index is 0.00775. The highest BCUT2D eigenvalue weighted by molar-refractivity contribution is 6.30. The van der Waals surface area contributed by atoms with Crippen molar-refractivity contribution in [1.82, 2.24) is 0 Å². The van der Waals surface area contributed by atoms with Gasteiger partial charge in [-0.15, -0.1) is 6.58 Å². The average Bonchev–Trinajstić information content (AvgIpc) is 2.63. The lowest BCUT2D eigenvalue weighted by molar-refractivity contribution is -0.119. The molecular formula is C22H18ClNO. The van der Waals surface area contributed by atoms with Crippen LogP contribution in [0.15, 0.2) is 73.3 Å². The molecule has 4 rings (SSSR count). The van der Waals surface area contributed by atoms with E-state index >= 15 is 0 Å². The van der Waals surface area contributed by atoms with Crippen molar-refractivity contribution < 1.29 is 4.79 Å². The van der Waals surface area contributed by atoms with Crippen LogP contribution in [0.5, 0.6) is 0 Å². The van der Waals surface area contributed by atoms with Crippen molar-refractivity contribution in [2.24, 2.45) is 0 Å². The van der Waals surface area contributed by atoms with Crippen LogP contribution in [-0.2, 0) is 4.79 Å². The Morgan fingerprint density at radius 3 is 2.76 bits per heavy atom. The number of benzene rings is 3. The van der Waals surface area contributed by atoms with E-state index in [0.29, 0.717) is 18.0 Å². The zero-order valence-corrected chi connectivity index (χ0v) is 14.5. The topological polar surface area (TPSA) is 20.3 Å². The first-order chi connectivity index (χ1) is 12.2. The highest BCUT2D eigenvalue weighted by atomic mass is 35.5. The minimum atomic E-state index is 0.00775. The Bertz CT molecular complexity index is 979. The van der Waals surface area contributed by atoms with Crippen molar-refractivity contribution in [2.75, 3.05) is 11.4 Å². The van der Waals surface area contributed by atoms with Gasteiger partial charge in [0.1, 0.15) is 0 Å². The lowest BCUT2D eigenvalue weighted by atomic mass is 9.81. The monoisotopic (exact) mass is 347 g/mol. The summed E-state index contributed by atoms with van der Waals surface area (Å²) in [5, 5.41) is 3.06. The van der Waals surface area contributed by atoms with Gasteiger partial charge in [0, 0.05) is 29.6 Å². The number of fused-ring (bicyclic) bond motifs is 3. The number of hydrogen-bond acceptors (Lipinski definition) is 1. The van der Waals surface area contributed by atoms with Crippen molar-refractivity contribution in [3.05, 3.63) is 89.5 Å². The molecule has 3 aromatic rings. The predicted octanol–water partition coefficient (Wildman–Crippen LogP) is 5.55. The van der Waals surface area contributed by atoms with Crippen LogP contribution in [0.3, 0.4) is 0 Å². The maximum atomic E-state index is 12.8. The summed E-state index contributed by atoms with van der Waals surface area (Å²) in [4.78, 5) is 14.6. The van der Waals surface area contributed by atoms with Gasteiger partial charge in [0.05, 0.1) is 0 Å². The molecule has 0 bridgehead atoms. The first-order valence-corrected chi connectivity index (χ1v) is 8.75. The number of anilines is 1. The first-order valence-electron chi connectivity index (χ1n) is 8.37. The molecule has 0 aromatic heterocycles. The molecule has 0 radical (unpaired) electrons. The summed E-state index contributed by atoms with van der Waals surface area (Å²) >= 11 is 6.22. The number of amides is 1. The van der Waals surface area contributed by atoms with Crippen LogP contribution >= 0.6 is 11.6 Å². The predicted molar refractivity (Wildman–Crippen MR) is 104 cm³/mol. The molecule has 0 saturated carbocycles. The van der Waals surface area contributed by atoms with E-state index in [4.69, 9.17) is 11.6 Å². The molecule has 3 aromatic carbocycles. The Labute approximate surface area is 152 Å². The number of halogens is 1. The number of carbonyl (C=O) groups excluding carboxylic acids is 1. The summed E-state index contributed by atoms with van der Waals surface area (Å²) in [5.41, 5.74) is 3.25. The standard InChI is InChI=1S/C22H18ClNO/c1-2-12-24-20-11-10-15-6-3-4-9-18(15)22(20)19(14-21(24)25)16-7-5-8-17(23)13-16/h2-11,13,19H,1,12,14H2. The zero-order chi connectivity index (χ0) is 17.4. The quantitative estimate of drug-likeness (QED) is 0.569. The maximum absolute atomic E-state index is 12.8. The van der Waals surface area contributed by atoms with Crippen LogP contribution in [0.1, 0.15) is 23.5 Å². The van der Waals surface area contributed by atoms with E-state index < -0.39 is 0 Å². The van der Waals surface area contributed by atoms with Gasteiger partial charge in [-0.25, -0.2) is 0 Å². The Morgan fingerprint density at radius 2 is 1.96 bits per heavy atom. The normalized spacial score (nSPS) is 16.8. The summed E-state index contributed by atoms with van der Waals surface area (Å²) in [6, 6.07) is 20.3.